The molecule has 0 fully saturated rings. The number of hydrogen-bond donors (Lipinski definition) is 0. The second-order valence-electron chi connectivity index (χ2n) is 4.62. The molecule has 0 bridgehead atoms. The molecular weight excluding hydrogens is 262 g/mol. The van der Waals surface area contributed by atoms with E-state index in [2.05, 4.69) is 17.9 Å². The predicted molar refractivity (Wildman–Crippen MR) is 83.0 cm³/mol. The highest BCUT2D eigenvalue weighted by atomic mass is 16.6. The molecular formula is C18H11NO2. The molecule has 0 aliphatic rings. The molecule has 0 aliphatic heterocycles. The second-order valence-corrected chi connectivity index (χ2v) is 4.62. The van der Waals surface area contributed by atoms with E-state index in [0.29, 0.717) is 0 Å². The molecule has 0 aromatic heterocycles. The van der Waals surface area contributed by atoms with Crippen molar-refractivity contribution in [1.29, 1.82) is 0 Å². The molecule has 3 rings (SSSR count). The maximum Gasteiger partial charge on any atom is 0.269 e. The molecule has 0 aliphatic carbocycles. The van der Waals surface area contributed by atoms with E-state index in [4.69, 9.17) is 0 Å². The maximum absolute atomic E-state index is 10.6. The molecule has 3 nitrogen and oxygen atoms in total. The Labute approximate surface area is 122 Å². The van der Waals surface area contributed by atoms with E-state index < -0.39 is 4.92 Å². The van der Waals surface area contributed by atoms with Gasteiger partial charge in [-0.1, -0.05) is 42.2 Å². The number of hydrogen-bond acceptors (Lipinski definition) is 2. The first-order valence-corrected chi connectivity index (χ1v) is 6.48. The van der Waals surface area contributed by atoms with Gasteiger partial charge in [-0.25, -0.2) is 0 Å². The lowest BCUT2D eigenvalue weighted by molar-refractivity contribution is -0.384. The highest BCUT2D eigenvalue weighted by Crippen LogP contribution is 2.15. The molecule has 0 heterocycles. The van der Waals surface area contributed by atoms with Crippen molar-refractivity contribution in [3.63, 3.8) is 0 Å². The highest BCUT2D eigenvalue weighted by molar-refractivity contribution is 5.83. The molecule has 0 saturated carbocycles. The van der Waals surface area contributed by atoms with Gasteiger partial charge in [0.2, 0.25) is 0 Å². The van der Waals surface area contributed by atoms with Crippen molar-refractivity contribution in [2.24, 2.45) is 0 Å². The summed E-state index contributed by atoms with van der Waals surface area (Å²) >= 11 is 0. The van der Waals surface area contributed by atoms with E-state index in [9.17, 15) is 10.1 Å². The topological polar surface area (TPSA) is 43.1 Å². The molecule has 0 N–H and O–H groups in total. The zero-order valence-corrected chi connectivity index (χ0v) is 11.1. The first kappa shape index (κ1) is 12.9. The zero-order chi connectivity index (χ0) is 14.7. The molecule has 0 radical (unpaired) electrons. The standard InChI is InChI=1S/C18H11NO2/c20-19(21)18-11-8-14(9-12-18)5-6-15-7-10-16-3-1-2-4-17(16)13-15/h1-4,7-13H. The molecule has 0 atom stereocenters. The van der Waals surface area contributed by atoms with E-state index in [-0.39, 0.29) is 5.69 Å². The fourth-order valence-corrected chi connectivity index (χ4v) is 2.08. The number of nitro benzene ring substituents is 1. The fraction of sp³-hybridized carbons (Fsp3) is 0. The average Bonchev–Trinajstić information content (AvgIpc) is 2.53. The fourth-order valence-electron chi connectivity index (χ4n) is 2.08. The highest BCUT2D eigenvalue weighted by Gasteiger charge is 2.02. The Balaban J connectivity index is 1.89. The van der Waals surface area contributed by atoms with Crippen molar-refractivity contribution in [2.75, 3.05) is 0 Å². The molecule has 3 aromatic carbocycles. The number of rotatable bonds is 1. The van der Waals surface area contributed by atoms with Crippen LogP contribution in [0.3, 0.4) is 0 Å². The van der Waals surface area contributed by atoms with Crippen LogP contribution in [0.4, 0.5) is 5.69 Å². The van der Waals surface area contributed by atoms with Crippen molar-refractivity contribution in [1.82, 2.24) is 0 Å². The third-order valence-electron chi connectivity index (χ3n) is 3.18. The summed E-state index contributed by atoms with van der Waals surface area (Å²) in [4.78, 5) is 10.2. The lowest BCUT2D eigenvalue weighted by Crippen LogP contribution is -1.86. The van der Waals surface area contributed by atoms with E-state index in [0.717, 1.165) is 16.5 Å². The summed E-state index contributed by atoms with van der Waals surface area (Å²) in [5, 5.41) is 12.9. The van der Waals surface area contributed by atoms with Gasteiger partial charge in [0.05, 0.1) is 4.92 Å². The van der Waals surface area contributed by atoms with Crippen LogP contribution in [0.15, 0.2) is 66.7 Å². The first-order chi connectivity index (χ1) is 10.2. The monoisotopic (exact) mass is 273 g/mol. The quantitative estimate of drug-likeness (QED) is 0.380. The second kappa shape index (κ2) is 5.48. The Morgan fingerprint density at radius 2 is 1.38 bits per heavy atom. The normalized spacial score (nSPS) is 9.90. The van der Waals surface area contributed by atoms with Crippen molar-refractivity contribution >= 4 is 16.5 Å². The van der Waals surface area contributed by atoms with Gasteiger partial charge in [-0.3, -0.25) is 10.1 Å². The van der Waals surface area contributed by atoms with E-state index in [1.165, 1.54) is 17.5 Å². The summed E-state index contributed by atoms with van der Waals surface area (Å²) in [6.45, 7) is 0. The maximum atomic E-state index is 10.6. The van der Waals surface area contributed by atoms with Gasteiger partial charge in [-0.05, 0) is 35.0 Å². The number of non-ortho nitro benzene ring substituents is 1. The summed E-state index contributed by atoms with van der Waals surface area (Å²) in [6, 6.07) is 20.4. The Bertz CT molecular complexity index is 871. The van der Waals surface area contributed by atoms with Gasteiger partial charge in [0.15, 0.2) is 0 Å². The van der Waals surface area contributed by atoms with Crippen molar-refractivity contribution in [2.45, 2.75) is 0 Å². The first-order valence-electron chi connectivity index (χ1n) is 6.48. The summed E-state index contributed by atoms with van der Waals surface area (Å²) in [7, 11) is 0. The summed E-state index contributed by atoms with van der Waals surface area (Å²) in [6.07, 6.45) is 0. The van der Waals surface area contributed by atoms with Crippen LogP contribution in [0.2, 0.25) is 0 Å². The molecule has 100 valence electrons. The van der Waals surface area contributed by atoms with Gasteiger partial charge in [0.1, 0.15) is 0 Å². The van der Waals surface area contributed by atoms with Gasteiger partial charge in [-0.15, -0.1) is 0 Å². The van der Waals surface area contributed by atoms with Crippen molar-refractivity contribution in [3.05, 3.63) is 88.0 Å². The third kappa shape index (κ3) is 2.90. The van der Waals surface area contributed by atoms with E-state index in [1.54, 1.807) is 12.1 Å². The van der Waals surface area contributed by atoms with Gasteiger partial charge in [0, 0.05) is 23.3 Å². The molecule has 0 spiro atoms. The smallest absolute Gasteiger partial charge is 0.258 e. The minimum absolute atomic E-state index is 0.0752. The lowest BCUT2D eigenvalue weighted by atomic mass is 10.1. The van der Waals surface area contributed by atoms with Gasteiger partial charge in [-0.2, -0.15) is 0 Å². The van der Waals surface area contributed by atoms with Gasteiger partial charge >= 0.3 is 0 Å². The Morgan fingerprint density at radius 3 is 2.10 bits per heavy atom. The van der Waals surface area contributed by atoms with Crippen molar-refractivity contribution in [3.8, 4) is 11.8 Å². The van der Waals surface area contributed by atoms with E-state index in [1.807, 2.05) is 36.4 Å². The largest absolute Gasteiger partial charge is 0.269 e. The molecule has 0 unspecified atom stereocenters. The average molecular weight is 273 g/mol. The van der Waals surface area contributed by atoms with Crippen LogP contribution < -0.4 is 0 Å². The summed E-state index contributed by atoms with van der Waals surface area (Å²) in [5.74, 6) is 6.10. The SMILES string of the molecule is O=[N+]([O-])c1ccc(C#Cc2ccc3ccccc3c2)cc1. The molecule has 21 heavy (non-hydrogen) atoms. The molecule has 3 heteroatoms. The van der Waals surface area contributed by atoms with E-state index >= 15 is 0 Å². The van der Waals surface area contributed by atoms with Gasteiger partial charge < -0.3 is 0 Å². The minimum atomic E-state index is -0.416. The number of nitrogens with zero attached hydrogens (tertiary/aromatic N) is 1. The number of benzene rings is 3. The predicted octanol–water partition coefficient (Wildman–Crippen LogP) is 4.15. The minimum Gasteiger partial charge on any atom is -0.258 e. The molecule has 0 saturated heterocycles. The van der Waals surface area contributed by atoms with Crippen LogP contribution in [-0.4, -0.2) is 4.92 Å². The number of fused-ring (bicyclic) bond motifs is 1. The number of nitro groups is 1. The van der Waals surface area contributed by atoms with Crippen LogP contribution in [0.25, 0.3) is 10.8 Å². The Kier molecular flexibility index (Phi) is 3.36. The molecule has 0 amide bonds. The van der Waals surface area contributed by atoms with Crippen molar-refractivity contribution < 1.29 is 4.92 Å². The zero-order valence-electron chi connectivity index (χ0n) is 11.1. The molecule has 3 aromatic rings. The van der Waals surface area contributed by atoms with Crippen LogP contribution in [-0.2, 0) is 0 Å². The van der Waals surface area contributed by atoms with Crippen LogP contribution in [0, 0.1) is 22.0 Å². The lowest BCUT2D eigenvalue weighted by Gasteiger charge is -1.97. The Morgan fingerprint density at radius 1 is 0.762 bits per heavy atom. The third-order valence-corrected chi connectivity index (χ3v) is 3.18. The summed E-state index contributed by atoms with van der Waals surface area (Å²) in [5.41, 5.74) is 1.76. The van der Waals surface area contributed by atoms with Crippen LogP contribution in [0.1, 0.15) is 11.1 Å². The summed E-state index contributed by atoms with van der Waals surface area (Å²) < 4.78 is 0. The van der Waals surface area contributed by atoms with Crippen LogP contribution >= 0.6 is 0 Å². The van der Waals surface area contributed by atoms with Gasteiger partial charge in [0.25, 0.3) is 5.69 Å². The Hall–Kier alpha value is -3.12. The van der Waals surface area contributed by atoms with Crippen LogP contribution in [0.5, 0.6) is 0 Å².